The zero-order valence-corrected chi connectivity index (χ0v) is 20.5. The Labute approximate surface area is 200 Å². The van der Waals surface area contributed by atoms with Gasteiger partial charge in [0.15, 0.2) is 6.20 Å². The van der Waals surface area contributed by atoms with Crippen molar-refractivity contribution in [3.8, 4) is 16.9 Å². The minimum atomic E-state index is 1.25. The standard InChI is InChI=1S/C32H29N2/c1-20-18-22(3)23(4)28(19-20)32-26-15-14-21(2)31(27(26)16-17-33(32)5)34-29-12-8-6-10-24(29)25-11-7-9-13-30(25)34/h6-19H,1-5H3/q+1. The SMILES string of the molecule is Cc1cc(C)c(C)c(-c2c3ccc(C)c(-n4c5ccccc5c5ccccc54)c3cc[n+]2C)c1. The van der Waals surface area contributed by atoms with Gasteiger partial charge >= 0.3 is 0 Å². The normalized spacial score (nSPS) is 11.7. The number of fused-ring (bicyclic) bond motifs is 4. The van der Waals surface area contributed by atoms with Crippen molar-refractivity contribution in [2.45, 2.75) is 27.7 Å². The van der Waals surface area contributed by atoms with Crippen LogP contribution in [-0.4, -0.2) is 4.57 Å². The van der Waals surface area contributed by atoms with E-state index in [-0.39, 0.29) is 0 Å². The fourth-order valence-electron chi connectivity index (χ4n) is 5.62. The summed E-state index contributed by atoms with van der Waals surface area (Å²) < 4.78 is 4.73. The first-order chi connectivity index (χ1) is 16.5. The van der Waals surface area contributed by atoms with Crippen molar-refractivity contribution in [1.29, 1.82) is 0 Å². The first-order valence-electron chi connectivity index (χ1n) is 11.9. The zero-order chi connectivity index (χ0) is 23.6. The molecule has 0 amide bonds. The van der Waals surface area contributed by atoms with Crippen molar-refractivity contribution in [1.82, 2.24) is 4.57 Å². The number of hydrogen-bond acceptors (Lipinski definition) is 0. The van der Waals surface area contributed by atoms with Crippen molar-refractivity contribution in [2.75, 3.05) is 0 Å². The molecule has 2 nitrogen and oxygen atoms in total. The van der Waals surface area contributed by atoms with Crippen LogP contribution in [0.4, 0.5) is 0 Å². The van der Waals surface area contributed by atoms with Crippen molar-refractivity contribution >= 4 is 32.6 Å². The van der Waals surface area contributed by atoms with Crippen LogP contribution in [0.1, 0.15) is 22.3 Å². The Morgan fingerprint density at radius 2 is 1.26 bits per heavy atom. The van der Waals surface area contributed by atoms with E-state index in [1.54, 1.807) is 0 Å². The monoisotopic (exact) mass is 441 g/mol. The van der Waals surface area contributed by atoms with Gasteiger partial charge in [-0.3, -0.25) is 0 Å². The smallest absolute Gasteiger partial charge is 0.220 e. The van der Waals surface area contributed by atoms with Crippen LogP contribution in [0, 0.1) is 27.7 Å². The number of aromatic nitrogens is 2. The van der Waals surface area contributed by atoms with E-state index < -0.39 is 0 Å². The summed E-state index contributed by atoms with van der Waals surface area (Å²) in [7, 11) is 2.16. The average Bonchev–Trinajstić information content (AvgIpc) is 3.16. The van der Waals surface area contributed by atoms with E-state index in [2.05, 4.69) is 129 Å². The molecule has 6 rings (SSSR count). The summed E-state index contributed by atoms with van der Waals surface area (Å²) in [6, 6.07) is 29.0. The van der Waals surface area contributed by atoms with Crippen LogP contribution in [0.25, 0.3) is 49.5 Å². The summed E-state index contributed by atoms with van der Waals surface area (Å²) in [4.78, 5) is 0. The summed E-state index contributed by atoms with van der Waals surface area (Å²) in [6.07, 6.45) is 2.21. The third-order valence-electron chi connectivity index (χ3n) is 7.36. The highest BCUT2D eigenvalue weighted by Gasteiger charge is 2.22. The van der Waals surface area contributed by atoms with Gasteiger partial charge in [0.2, 0.25) is 5.69 Å². The molecule has 0 saturated carbocycles. The van der Waals surface area contributed by atoms with Gasteiger partial charge in [-0.05, 0) is 68.7 Å². The molecular formula is C32H29N2+. The summed E-state index contributed by atoms with van der Waals surface area (Å²) in [6.45, 7) is 8.87. The van der Waals surface area contributed by atoms with Gasteiger partial charge < -0.3 is 4.57 Å². The van der Waals surface area contributed by atoms with E-state index in [1.165, 1.54) is 71.8 Å². The Bertz CT molecular complexity index is 1700. The molecular weight excluding hydrogens is 412 g/mol. The van der Waals surface area contributed by atoms with E-state index in [4.69, 9.17) is 0 Å². The number of hydrogen-bond donors (Lipinski definition) is 0. The van der Waals surface area contributed by atoms with Gasteiger partial charge in [0.05, 0.1) is 27.7 Å². The molecule has 0 saturated heterocycles. The van der Waals surface area contributed by atoms with Crippen molar-refractivity contribution in [2.24, 2.45) is 7.05 Å². The highest BCUT2D eigenvalue weighted by atomic mass is 15.0. The Morgan fingerprint density at radius 1 is 0.618 bits per heavy atom. The molecule has 0 radical (unpaired) electrons. The number of rotatable bonds is 2. The van der Waals surface area contributed by atoms with Crippen LogP contribution in [0.2, 0.25) is 0 Å². The zero-order valence-electron chi connectivity index (χ0n) is 20.5. The number of para-hydroxylation sites is 2. The Balaban J connectivity index is 1.78. The molecule has 0 unspecified atom stereocenters. The molecule has 0 fully saturated rings. The maximum atomic E-state index is 2.46. The van der Waals surface area contributed by atoms with Crippen LogP contribution in [0.3, 0.4) is 0 Å². The van der Waals surface area contributed by atoms with Crippen molar-refractivity contribution in [3.63, 3.8) is 0 Å². The topological polar surface area (TPSA) is 8.81 Å². The van der Waals surface area contributed by atoms with Gasteiger partial charge in [-0.1, -0.05) is 54.1 Å². The van der Waals surface area contributed by atoms with Crippen molar-refractivity contribution in [3.05, 3.63) is 107 Å². The molecule has 0 spiro atoms. The van der Waals surface area contributed by atoms with Crippen LogP contribution in [0.15, 0.2) is 85.1 Å². The third-order valence-corrected chi connectivity index (χ3v) is 7.36. The Hall–Kier alpha value is -3.91. The second kappa shape index (κ2) is 7.56. The molecule has 0 atom stereocenters. The molecule has 0 aliphatic carbocycles. The quantitative estimate of drug-likeness (QED) is 0.244. The van der Waals surface area contributed by atoms with Crippen LogP contribution < -0.4 is 4.57 Å². The Morgan fingerprint density at radius 3 is 1.94 bits per heavy atom. The lowest BCUT2D eigenvalue weighted by Crippen LogP contribution is -2.31. The number of aryl methyl sites for hydroxylation is 4. The van der Waals surface area contributed by atoms with Gasteiger partial charge in [-0.15, -0.1) is 0 Å². The van der Waals surface area contributed by atoms with E-state index in [0.717, 1.165) is 0 Å². The first kappa shape index (κ1) is 20.7. The largest absolute Gasteiger partial charge is 0.308 e. The fourth-order valence-corrected chi connectivity index (χ4v) is 5.62. The number of pyridine rings is 1. The van der Waals surface area contributed by atoms with Crippen LogP contribution in [0.5, 0.6) is 0 Å². The second-order valence-corrected chi connectivity index (χ2v) is 9.59. The number of nitrogens with zero attached hydrogens (tertiary/aromatic N) is 2. The van der Waals surface area contributed by atoms with Crippen LogP contribution >= 0.6 is 0 Å². The molecule has 2 aromatic heterocycles. The summed E-state index contributed by atoms with van der Waals surface area (Å²) in [5, 5.41) is 5.14. The molecule has 0 N–H and O–H groups in total. The molecule has 2 heteroatoms. The molecule has 34 heavy (non-hydrogen) atoms. The molecule has 166 valence electrons. The average molecular weight is 442 g/mol. The molecule has 0 aliphatic heterocycles. The van der Waals surface area contributed by atoms with Gasteiger partial charge in [0, 0.05) is 22.2 Å². The molecule has 0 aliphatic rings. The molecule has 6 aromatic rings. The molecule has 0 bridgehead atoms. The van der Waals surface area contributed by atoms with Crippen molar-refractivity contribution < 1.29 is 4.57 Å². The van der Waals surface area contributed by atoms with E-state index in [9.17, 15) is 0 Å². The van der Waals surface area contributed by atoms with Gasteiger partial charge in [0.1, 0.15) is 7.05 Å². The summed E-state index contributed by atoms with van der Waals surface area (Å²) >= 11 is 0. The Kier molecular flexibility index (Phi) is 4.60. The predicted octanol–water partition coefficient (Wildman–Crippen LogP) is 7.66. The highest BCUT2D eigenvalue weighted by molar-refractivity contribution is 6.11. The minimum absolute atomic E-state index is 1.25. The second-order valence-electron chi connectivity index (χ2n) is 9.59. The highest BCUT2D eigenvalue weighted by Crippen LogP contribution is 2.38. The maximum Gasteiger partial charge on any atom is 0.220 e. The van der Waals surface area contributed by atoms with Gasteiger partial charge in [-0.2, -0.15) is 0 Å². The third kappa shape index (κ3) is 2.92. The molecule has 2 heterocycles. The lowest BCUT2D eigenvalue weighted by Gasteiger charge is -2.17. The fraction of sp³-hybridized carbons (Fsp3) is 0.156. The van der Waals surface area contributed by atoms with E-state index in [0.29, 0.717) is 0 Å². The van der Waals surface area contributed by atoms with Gasteiger partial charge in [-0.25, -0.2) is 4.57 Å². The lowest BCUT2D eigenvalue weighted by molar-refractivity contribution is -0.659. The van der Waals surface area contributed by atoms with E-state index >= 15 is 0 Å². The molecule has 4 aromatic carbocycles. The maximum absolute atomic E-state index is 2.46. The van der Waals surface area contributed by atoms with Gasteiger partial charge in [0.25, 0.3) is 0 Å². The minimum Gasteiger partial charge on any atom is -0.308 e. The summed E-state index contributed by atoms with van der Waals surface area (Å²) in [5.74, 6) is 0. The predicted molar refractivity (Wildman–Crippen MR) is 144 cm³/mol. The van der Waals surface area contributed by atoms with Crippen LogP contribution in [-0.2, 0) is 7.05 Å². The first-order valence-corrected chi connectivity index (χ1v) is 11.9. The van der Waals surface area contributed by atoms with E-state index in [1.807, 2.05) is 0 Å². The number of benzene rings is 4. The lowest BCUT2D eigenvalue weighted by atomic mass is 9.93. The summed E-state index contributed by atoms with van der Waals surface area (Å²) in [5.41, 5.74) is 11.6.